The number of fused-ring (bicyclic) bond motifs is 1. The number of nitriles is 1. The van der Waals surface area contributed by atoms with Gasteiger partial charge in [0.25, 0.3) is 5.78 Å². The summed E-state index contributed by atoms with van der Waals surface area (Å²) < 4.78 is 1.69. The lowest BCUT2D eigenvalue weighted by Crippen LogP contribution is -2.08. The third-order valence-corrected chi connectivity index (χ3v) is 3.34. The van der Waals surface area contributed by atoms with Gasteiger partial charge in [-0.3, -0.25) is 0 Å². The number of benzene rings is 1. The maximum absolute atomic E-state index is 8.56. The van der Waals surface area contributed by atoms with Gasteiger partial charge in [0.2, 0.25) is 0 Å². The van der Waals surface area contributed by atoms with Crippen molar-refractivity contribution in [2.75, 3.05) is 11.9 Å². The molecule has 0 saturated heterocycles. The molecule has 1 N–H and O–H groups in total. The van der Waals surface area contributed by atoms with E-state index in [4.69, 9.17) is 5.26 Å². The van der Waals surface area contributed by atoms with Crippen LogP contribution in [0.25, 0.3) is 17.0 Å². The summed E-state index contributed by atoms with van der Waals surface area (Å²) in [6.07, 6.45) is 3.91. The Balaban J connectivity index is 1.85. The van der Waals surface area contributed by atoms with Crippen LogP contribution in [0.3, 0.4) is 0 Å². The van der Waals surface area contributed by atoms with E-state index in [1.807, 2.05) is 36.4 Å². The standard InChI is InChI=1S/C16H16N6/c17-9-5-2-6-10-18-15-11-14(13-7-3-1-4-8-13)21-16-19-12-20-22(15)16/h1,3-4,7-8,11-12,18H,2,5-6,10H2. The Hall–Kier alpha value is -2.94. The molecule has 6 heteroatoms. The molecule has 0 bridgehead atoms. The van der Waals surface area contributed by atoms with Gasteiger partial charge in [0.15, 0.2) is 0 Å². The molecular formula is C16H16N6. The number of hydrogen-bond acceptors (Lipinski definition) is 5. The molecule has 0 atom stereocenters. The third-order valence-electron chi connectivity index (χ3n) is 3.34. The second kappa shape index (κ2) is 6.68. The van der Waals surface area contributed by atoms with Gasteiger partial charge in [0.05, 0.1) is 11.8 Å². The number of unbranched alkanes of at least 4 members (excludes halogenated alkanes) is 2. The minimum absolute atomic E-state index is 0.570. The molecule has 22 heavy (non-hydrogen) atoms. The van der Waals surface area contributed by atoms with Crippen molar-refractivity contribution in [3.8, 4) is 17.3 Å². The fourth-order valence-corrected chi connectivity index (χ4v) is 2.24. The van der Waals surface area contributed by atoms with Crippen LogP contribution in [0.5, 0.6) is 0 Å². The summed E-state index contributed by atoms with van der Waals surface area (Å²) in [6.45, 7) is 0.787. The van der Waals surface area contributed by atoms with Gasteiger partial charge in [-0.15, -0.1) is 0 Å². The second-order valence-corrected chi connectivity index (χ2v) is 4.91. The van der Waals surface area contributed by atoms with Crippen molar-refractivity contribution in [3.05, 3.63) is 42.7 Å². The summed E-state index contributed by atoms with van der Waals surface area (Å²) in [5.74, 6) is 1.43. The summed E-state index contributed by atoms with van der Waals surface area (Å²) in [5, 5.41) is 16.1. The van der Waals surface area contributed by atoms with Crippen molar-refractivity contribution < 1.29 is 0 Å². The Morgan fingerprint density at radius 2 is 2.05 bits per heavy atom. The van der Waals surface area contributed by atoms with Gasteiger partial charge < -0.3 is 5.32 Å². The molecule has 0 unspecified atom stereocenters. The zero-order valence-corrected chi connectivity index (χ0v) is 12.1. The lowest BCUT2D eigenvalue weighted by atomic mass is 10.1. The molecule has 1 aromatic carbocycles. The number of aromatic nitrogens is 4. The maximum Gasteiger partial charge on any atom is 0.254 e. The number of rotatable bonds is 6. The number of nitrogens with zero attached hydrogens (tertiary/aromatic N) is 5. The van der Waals surface area contributed by atoms with Crippen LogP contribution in [-0.4, -0.2) is 26.1 Å². The smallest absolute Gasteiger partial charge is 0.254 e. The molecule has 2 heterocycles. The van der Waals surface area contributed by atoms with Crippen LogP contribution in [0.2, 0.25) is 0 Å². The second-order valence-electron chi connectivity index (χ2n) is 4.91. The Morgan fingerprint density at radius 3 is 2.86 bits per heavy atom. The summed E-state index contributed by atoms with van der Waals surface area (Å²) in [6, 6.07) is 14.1. The molecule has 0 aliphatic heterocycles. The lowest BCUT2D eigenvalue weighted by Gasteiger charge is -2.09. The van der Waals surface area contributed by atoms with E-state index in [1.165, 1.54) is 6.33 Å². The zero-order chi connectivity index (χ0) is 15.2. The number of anilines is 1. The van der Waals surface area contributed by atoms with E-state index in [0.717, 1.165) is 36.5 Å². The summed E-state index contributed by atoms with van der Waals surface area (Å²) in [5.41, 5.74) is 1.90. The largest absolute Gasteiger partial charge is 0.370 e. The van der Waals surface area contributed by atoms with Crippen molar-refractivity contribution in [3.63, 3.8) is 0 Å². The van der Waals surface area contributed by atoms with Crippen LogP contribution in [0, 0.1) is 11.3 Å². The van der Waals surface area contributed by atoms with Crippen molar-refractivity contribution in [2.45, 2.75) is 19.3 Å². The summed E-state index contributed by atoms with van der Waals surface area (Å²) >= 11 is 0. The van der Waals surface area contributed by atoms with Crippen molar-refractivity contribution in [1.82, 2.24) is 19.6 Å². The van der Waals surface area contributed by atoms with Crippen molar-refractivity contribution in [1.29, 1.82) is 5.26 Å². The first kappa shape index (κ1) is 14.0. The average molecular weight is 292 g/mol. The van der Waals surface area contributed by atoms with Gasteiger partial charge >= 0.3 is 0 Å². The van der Waals surface area contributed by atoms with Crippen LogP contribution in [-0.2, 0) is 0 Å². The van der Waals surface area contributed by atoms with Crippen molar-refractivity contribution >= 4 is 11.6 Å². The third kappa shape index (κ3) is 3.04. The summed E-state index contributed by atoms with van der Waals surface area (Å²) in [7, 11) is 0. The van der Waals surface area contributed by atoms with Gasteiger partial charge in [-0.2, -0.15) is 19.9 Å². The molecule has 0 amide bonds. The van der Waals surface area contributed by atoms with E-state index in [1.54, 1.807) is 4.52 Å². The predicted molar refractivity (Wildman–Crippen MR) is 84.2 cm³/mol. The molecule has 2 aromatic heterocycles. The van der Waals surface area contributed by atoms with E-state index in [-0.39, 0.29) is 0 Å². The van der Waals surface area contributed by atoms with Gasteiger partial charge in [0.1, 0.15) is 12.1 Å². The van der Waals surface area contributed by atoms with E-state index >= 15 is 0 Å². The fourth-order valence-electron chi connectivity index (χ4n) is 2.24. The molecule has 0 spiro atoms. The molecule has 3 rings (SSSR count). The molecular weight excluding hydrogens is 276 g/mol. The van der Waals surface area contributed by atoms with Crippen LogP contribution in [0.15, 0.2) is 42.7 Å². The average Bonchev–Trinajstić information content (AvgIpc) is 3.04. The van der Waals surface area contributed by atoms with Crippen LogP contribution in [0.4, 0.5) is 5.82 Å². The molecule has 0 radical (unpaired) electrons. The molecule has 0 fully saturated rings. The van der Waals surface area contributed by atoms with Gasteiger partial charge in [0, 0.05) is 24.6 Å². The first-order chi connectivity index (χ1) is 10.9. The SMILES string of the molecule is N#CCCCCNc1cc(-c2ccccc2)nc2ncnn12. The highest BCUT2D eigenvalue weighted by molar-refractivity contribution is 5.65. The predicted octanol–water partition coefficient (Wildman–Crippen LogP) is 2.90. The van der Waals surface area contributed by atoms with Crippen LogP contribution in [0.1, 0.15) is 19.3 Å². The molecule has 110 valence electrons. The summed E-state index contributed by atoms with van der Waals surface area (Å²) in [4.78, 5) is 8.71. The molecule has 6 nitrogen and oxygen atoms in total. The lowest BCUT2D eigenvalue weighted by molar-refractivity contribution is 0.777. The Morgan fingerprint density at radius 1 is 1.18 bits per heavy atom. The van der Waals surface area contributed by atoms with E-state index in [2.05, 4.69) is 26.5 Å². The Kier molecular flexibility index (Phi) is 4.25. The highest BCUT2D eigenvalue weighted by atomic mass is 15.3. The van der Waals surface area contributed by atoms with Gasteiger partial charge in [-0.25, -0.2) is 4.98 Å². The maximum atomic E-state index is 8.56. The van der Waals surface area contributed by atoms with E-state index in [9.17, 15) is 0 Å². The first-order valence-corrected chi connectivity index (χ1v) is 7.25. The Bertz CT molecular complexity index is 787. The van der Waals surface area contributed by atoms with Gasteiger partial charge in [-0.1, -0.05) is 30.3 Å². The highest BCUT2D eigenvalue weighted by Gasteiger charge is 2.08. The first-order valence-electron chi connectivity index (χ1n) is 7.25. The monoisotopic (exact) mass is 292 g/mol. The van der Waals surface area contributed by atoms with Crippen LogP contribution >= 0.6 is 0 Å². The van der Waals surface area contributed by atoms with Crippen molar-refractivity contribution in [2.24, 2.45) is 0 Å². The molecule has 0 aliphatic rings. The molecule has 0 saturated carbocycles. The topological polar surface area (TPSA) is 78.9 Å². The molecule has 3 aromatic rings. The normalized spacial score (nSPS) is 10.5. The van der Waals surface area contributed by atoms with E-state index < -0.39 is 0 Å². The van der Waals surface area contributed by atoms with E-state index in [0.29, 0.717) is 12.2 Å². The number of nitrogens with one attached hydrogen (secondary N) is 1. The zero-order valence-electron chi connectivity index (χ0n) is 12.1. The van der Waals surface area contributed by atoms with Gasteiger partial charge in [-0.05, 0) is 12.8 Å². The molecule has 0 aliphatic carbocycles. The minimum atomic E-state index is 0.570. The number of hydrogen-bond donors (Lipinski definition) is 1. The van der Waals surface area contributed by atoms with Crippen LogP contribution < -0.4 is 5.32 Å². The highest BCUT2D eigenvalue weighted by Crippen LogP contribution is 2.21. The quantitative estimate of drug-likeness (QED) is 0.707. The minimum Gasteiger partial charge on any atom is -0.370 e. The Labute approximate surface area is 128 Å². The fraction of sp³-hybridized carbons (Fsp3) is 0.250.